The Labute approximate surface area is 160 Å². The minimum absolute atomic E-state index is 0.138. The third-order valence-electron chi connectivity index (χ3n) is 3.85. The molecule has 1 amide bonds. The van der Waals surface area contributed by atoms with Gasteiger partial charge in [0.15, 0.2) is 6.79 Å². The SMILES string of the molecule is O=C(C=Cc1c(Cl)cccc1Cl)NCCc1cc(F)cc2c1OCOC2. The molecule has 1 N–H and O–H groups in total. The first-order valence-corrected chi connectivity index (χ1v) is 8.72. The Hall–Kier alpha value is -2.08. The number of carbonyl (C=O) groups is 1. The maximum Gasteiger partial charge on any atom is 0.244 e. The van der Waals surface area contributed by atoms with Gasteiger partial charge in [-0.25, -0.2) is 4.39 Å². The standard InChI is InChI=1S/C19H16Cl2FNO3/c20-16-2-1-3-17(21)15(16)4-5-18(24)23-7-6-12-8-14(22)9-13-10-25-11-26-19(12)13/h1-5,8-9H,6-7,10-11H2,(H,23,24). The van der Waals surface area contributed by atoms with Gasteiger partial charge in [-0.1, -0.05) is 29.3 Å². The van der Waals surface area contributed by atoms with Gasteiger partial charge in [-0.15, -0.1) is 0 Å². The number of rotatable bonds is 5. The molecular weight excluding hydrogens is 380 g/mol. The Morgan fingerprint density at radius 2 is 2.04 bits per heavy atom. The predicted molar refractivity (Wildman–Crippen MR) is 98.9 cm³/mol. The van der Waals surface area contributed by atoms with Crippen LogP contribution in [0, 0.1) is 5.82 Å². The molecule has 0 bridgehead atoms. The molecule has 1 aliphatic heterocycles. The molecule has 0 unspecified atom stereocenters. The Balaban J connectivity index is 1.59. The molecule has 0 spiro atoms. The van der Waals surface area contributed by atoms with Crippen LogP contribution in [0.1, 0.15) is 16.7 Å². The molecule has 2 aromatic carbocycles. The first kappa shape index (κ1) is 18.7. The van der Waals surface area contributed by atoms with Gasteiger partial charge in [0.05, 0.1) is 6.61 Å². The van der Waals surface area contributed by atoms with E-state index in [2.05, 4.69) is 5.32 Å². The number of ether oxygens (including phenoxy) is 2. The first-order chi connectivity index (χ1) is 12.5. The number of halogens is 3. The molecule has 2 aromatic rings. The summed E-state index contributed by atoms with van der Waals surface area (Å²) in [6.45, 7) is 0.784. The average Bonchev–Trinajstić information content (AvgIpc) is 2.61. The second-order valence-corrected chi connectivity index (χ2v) is 6.49. The van der Waals surface area contributed by atoms with Gasteiger partial charge in [-0.2, -0.15) is 0 Å². The lowest BCUT2D eigenvalue weighted by atomic mass is 10.1. The second-order valence-electron chi connectivity index (χ2n) is 5.67. The fourth-order valence-electron chi connectivity index (χ4n) is 2.65. The number of benzene rings is 2. The molecule has 0 atom stereocenters. The zero-order chi connectivity index (χ0) is 18.5. The average molecular weight is 396 g/mol. The van der Waals surface area contributed by atoms with Gasteiger partial charge in [-0.05, 0) is 42.3 Å². The Morgan fingerprint density at radius 1 is 1.27 bits per heavy atom. The summed E-state index contributed by atoms with van der Waals surface area (Å²) in [7, 11) is 0. The van der Waals surface area contributed by atoms with Crippen LogP contribution in [0.25, 0.3) is 6.08 Å². The summed E-state index contributed by atoms with van der Waals surface area (Å²) in [5, 5.41) is 3.68. The van der Waals surface area contributed by atoms with Crippen molar-refractivity contribution in [2.24, 2.45) is 0 Å². The van der Waals surface area contributed by atoms with E-state index in [9.17, 15) is 9.18 Å². The van der Waals surface area contributed by atoms with E-state index < -0.39 is 0 Å². The molecule has 7 heteroatoms. The summed E-state index contributed by atoms with van der Waals surface area (Å²) in [5.41, 5.74) is 1.95. The third kappa shape index (κ3) is 4.55. The smallest absolute Gasteiger partial charge is 0.244 e. The van der Waals surface area contributed by atoms with Gasteiger partial charge in [0, 0.05) is 33.8 Å². The molecule has 26 heavy (non-hydrogen) atoms. The molecular formula is C19H16Cl2FNO3. The van der Waals surface area contributed by atoms with Crippen LogP contribution in [0.5, 0.6) is 5.75 Å². The van der Waals surface area contributed by atoms with E-state index in [1.165, 1.54) is 18.2 Å². The van der Waals surface area contributed by atoms with Gasteiger partial charge in [-0.3, -0.25) is 4.79 Å². The number of hydrogen-bond donors (Lipinski definition) is 1. The van der Waals surface area contributed by atoms with E-state index in [0.29, 0.717) is 52.1 Å². The number of carbonyl (C=O) groups excluding carboxylic acids is 1. The fourth-order valence-corrected chi connectivity index (χ4v) is 3.17. The normalized spacial score (nSPS) is 13.3. The summed E-state index contributed by atoms with van der Waals surface area (Å²) in [5.74, 6) is -0.0202. The van der Waals surface area contributed by atoms with Crippen molar-refractivity contribution in [1.29, 1.82) is 0 Å². The summed E-state index contributed by atoms with van der Waals surface area (Å²) < 4.78 is 24.3. The van der Waals surface area contributed by atoms with Crippen LogP contribution in [0.4, 0.5) is 4.39 Å². The molecule has 3 rings (SSSR count). The van der Waals surface area contributed by atoms with Crippen molar-refractivity contribution < 1.29 is 18.7 Å². The van der Waals surface area contributed by atoms with Gasteiger partial charge in [0.1, 0.15) is 11.6 Å². The van der Waals surface area contributed by atoms with E-state index in [0.717, 1.165) is 0 Å². The molecule has 1 aliphatic rings. The van der Waals surface area contributed by atoms with Crippen LogP contribution in [0.15, 0.2) is 36.4 Å². The van der Waals surface area contributed by atoms with Crippen molar-refractivity contribution in [1.82, 2.24) is 5.32 Å². The lowest BCUT2D eigenvalue weighted by molar-refractivity contribution is -0.116. The van der Waals surface area contributed by atoms with Gasteiger partial charge < -0.3 is 14.8 Å². The fraction of sp³-hybridized carbons (Fsp3) is 0.211. The van der Waals surface area contributed by atoms with Crippen LogP contribution < -0.4 is 10.1 Å². The molecule has 4 nitrogen and oxygen atoms in total. The lowest BCUT2D eigenvalue weighted by Gasteiger charge is -2.20. The zero-order valence-electron chi connectivity index (χ0n) is 13.7. The second kappa shape index (κ2) is 8.54. The summed E-state index contributed by atoms with van der Waals surface area (Å²) in [4.78, 5) is 12.0. The number of amides is 1. The van der Waals surface area contributed by atoms with Crippen molar-refractivity contribution in [2.75, 3.05) is 13.3 Å². The number of nitrogens with one attached hydrogen (secondary N) is 1. The number of fused-ring (bicyclic) bond motifs is 1. The lowest BCUT2D eigenvalue weighted by Crippen LogP contribution is -2.24. The van der Waals surface area contributed by atoms with Crippen LogP contribution in [0.2, 0.25) is 10.0 Å². The van der Waals surface area contributed by atoms with E-state index in [-0.39, 0.29) is 18.5 Å². The highest BCUT2D eigenvalue weighted by Crippen LogP contribution is 2.29. The van der Waals surface area contributed by atoms with Gasteiger partial charge in [0.25, 0.3) is 0 Å². The van der Waals surface area contributed by atoms with Crippen molar-refractivity contribution in [3.8, 4) is 5.75 Å². The monoisotopic (exact) mass is 395 g/mol. The Morgan fingerprint density at radius 3 is 2.81 bits per heavy atom. The van der Waals surface area contributed by atoms with Crippen LogP contribution in [-0.4, -0.2) is 19.2 Å². The van der Waals surface area contributed by atoms with Gasteiger partial charge >= 0.3 is 0 Å². The largest absolute Gasteiger partial charge is 0.467 e. The Bertz CT molecular complexity index is 835. The Kier molecular flexibility index (Phi) is 6.14. The van der Waals surface area contributed by atoms with Crippen LogP contribution in [-0.2, 0) is 22.6 Å². The predicted octanol–water partition coefficient (Wildman–Crippen LogP) is 4.37. The summed E-state index contributed by atoms with van der Waals surface area (Å²) >= 11 is 12.1. The molecule has 0 aromatic heterocycles. The van der Waals surface area contributed by atoms with Crippen LogP contribution in [0.3, 0.4) is 0 Å². The topological polar surface area (TPSA) is 47.6 Å². The highest BCUT2D eigenvalue weighted by atomic mass is 35.5. The maximum absolute atomic E-state index is 13.7. The molecule has 0 fully saturated rings. The minimum atomic E-state index is -0.354. The minimum Gasteiger partial charge on any atom is -0.467 e. The van der Waals surface area contributed by atoms with Gasteiger partial charge in [0.2, 0.25) is 5.91 Å². The summed E-state index contributed by atoms with van der Waals surface area (Å²) in [6, 6.07) is 7.93. The van der Waals surface area contributed by atoms with Crippen molar-refractivity contribution in [3.05, 3.63) is 69.0 Å². The van der Waals surface area contributed by atoms with E-state index in [1.54, 1.807) is 24.3 Å². The summed E-state index contributed by atoms with van der Waals surface area (Å²) in [6.07, 6.45) is 3.36. The molecule has 0 radical (unpaired) electrons. The highest BCUT2D eigenvalue weighted by molar-refractivity contribution is 6.37. The third-order valence-corrected chi connectivity index (χ3v) is 4.51. The van der Waals surface area contributed by atoms with Crippen molar-refractivity contribution >= 4 is 35.2 Å². The van der Waals surface area contributed by atoms with Crippen molar-refractivity contribution in [2.45, 2.75) is 13.0 Å². The first-order valence-electron chi connectivity index (χ1n) is 7.96. The number of hydrogen-bond acceptors (Lipinski definition) is 3. The molecule has 0 aliphatic carbocycles. The van der Waals surface area contributed by atoms with Crippen LogP contribution >= 0.6 is 23.2 Å². The molecule has 0 saturated carbocycles. The molecule has 0 saturated heterocycles. The highest BCUT2D eigenvalue weighted by Gasteiger charge is 2.16. The van der Waals surface area contributed by atoms with E-state index in [1.807, 2.05) is 0 Å². The maximum atomic E-state index is 13.7. The van der Waals surface area contributed by atoms with E-state index in [4.69, 9.17) is 32.7 Å². The van der Waals surface area contributed by atoms with E-state index >= 15 is 0 Å². The van der Waals surface area contributed by atoms with Crippen molar-refractivity contribution in [3.63, 3.8) is 0 Å². The molecule has 136 valence electrons. The quantitative estimate of drug-likeness (QED) is 0.764. The molecule has 1 heterocycles. The zero-order valence-corrected chi connectivity index (χ0v) is 15.2.